The number of rotatable bonds is 8. The fourth-order valence-electron chi connectivity index (χ4n) is 2.36. The van der Waals surface area contributed by atoms with Crippen molar-refractivity contribution in [3.8, 4) is 0 Å². The first-order valence-corrected chi connectivity index (χ1v) is 11.5. The fraction of sp³-hybridized carbons (Fsp3) is 0.500. The van der Waals surface area contributed by atoms with Crippen molar-refractivity contribution in [3.05, 3.63) is 22.1 Å². The zero-order valence-corrected chi connectivity index (χ0v) is 16.9. The molecule has 0 aromatic heterocycles. The molecule has 0 unspecified atom stereocenters. The largest absolute Gasteiger partial charge is 0.480 e. The Bertz CT molecular complexity index is 761. The molecule has 8 nitrogen and oxygen atoms in total. The van der Waals surface area contributed by atoms with Crippen LogP contribution in [0.3, 0.4) is 0 Å². The first kappa shape index (κ1) is 21.2. The van der Waals surface area contributed by atoms with E-state index in [1.54, 1.807) is 23.9 Å². The van der Waals surface area contributed by atoms with Crippen LogP contribution in [0.1, 0.15) is 12.8 Å². The SMILES string of the molecule is O=C(O)CN1C(=O)/C(=C/C=C2\SCCN2CCCCS(=O)(=O)O)SC1=S. The third-order valence-corrected chi connectivity index (χ3v) is 6.82. The summed E-state index contributed by atoms with van der Waals surface area (Å²) < 4.78 is 30.4. The Kier molecular flexibility index (Phi) is 7.52. The Morgan fingerprint density at radius 2 is 2.04 bits per heavy atom. The Morgan fingerprint density at radius 3 is 2.69 bits per heavy atom. The maximum atomic E-state index is 12.2. The van der Waals surface area contributed by atoms with Gasteiger partial charge in [-0.2, -0.15) is 8.42 Å². The van der Waals surface area contributed by atoms with E-state index in [4.69, 9.17) is 21.9 Å². The summed E-state index contributed by atoms with van der Waals surface area (Å²) in [7, 11) is -3.93. The molecule has 0 atom stereocenters. The highest BCUT2D eigenvalue weighted by Gasteiger charge is 2.33. The maximum absolute atomic E-state index is 12.2. The smallest absolute Gasteiger partial charge is 0.323 e. The van der Waals surface area contributed by atoms with Gasteiger partial charge in [0.05, 0.1) is 15.7 Å². The molecule has 2 aliphatic rings. The molecular formula is C14H18N2O6S4. The number of hydrogen-bond acceptors (Lipinski definition) is 8. The lowest BCUT2D eigenvalue weighted by Gasteiger charge is -2.18. The number of aliphatic carboxylic acids is 1. The number of amides is 1. The first-order valence-electron chi connectivity index (χ1n) is 7.68. The monoisotopic (exact) mass is 438 g/mol. The number of nitrogens with zero attached hydrogens (tertiary/aromatic N) is 2. The topological polar surface area (TPSA) is 115 Å². The van der Waals surface area contributed by atoms with E-state index in [1.165, 1.54) is 0 Å². The van der Waals surface area contributed by atoms with Crippen molar-refractivity contribution in [2.45, 2.75) is 12.8 Å². The minimum Gasteiger partial charge on any atom is -0.480 e. The van der Waals surface area contributed by atoms with Crippen molar-refractivity contribution in [1.29, 1.82) is 0 Å². The van der Waals surface area contributed by atoms with Gasteiger partial charge in [-0.1, -0.05) is 24.0 Å². The van der Waals surface area contributed by atoms with Crippen molar-refractivity contribution in [1.82, 2.24) is 9.80 Å². The molecular weight excluding hydrogens is 420 g/mol. The van der Waals surface area contributed by atoms with Gasteiger partial charge < -0.3 is 10.0 Å². The Labute approximate surface area is 165 Å². The Balaban J connectivity index is 1.95. The summed E-state index contributed by atoms with van der Waals surface area (Å²) in [5.74, 6) is -0.901. The van der Waals surface area contributed by atoms with Gasteiger partial charge in [-0.15, -0.1) is 11.8 Å². The highest BCUT2D eigenvalue weighted by Crippen LogP contribution is 2.33. The summed E-state index contributed by atoms with van der Waals surface area (Å²) in [6.45, 7) is 1.02. The number of carbonyl (C=O) groups excluding carboxylic acids is 1. The number of thiocarbonyl (C=S) groups is 1. The average Bonchev–Trinajstić information content (AvgIpc) is 3.08. The second-order valence-electron chi connectivity index (χ2n) is 5.52. The van der Waals surface area contributed by atoms with E-state index in [1.807, 2.05) is 0 Å². The fourth-order valence-corrected chi connectivity index (χ4v) is 5.17. The van der Waals surface area contributed by atoms with Crippen LogP contribution >= 0.6 is 35.7 Å². The second-order valence-corrected chi connectivity index (χ2v) is 9.88. The molecule has 144 valence electrons. The molecule has 0 saturated carbocycles. The molecule has 2 heterocycles. The van der Waals surface area contributed by atoms with Gasteiger partial charge >= 0.3 is 5.97 Å². The van der Waals surface area contributed by atoms with E-state index in [-0.39, 0.29) is 10.1 Å². The second kappa shape index (κ2) is 9.22. The lowest BCUT2D eigenvalue weighted by Crippen LogP contribution is -2.33. The van der Waals surface area contributed by atoms with Crippen molar-refractivity contribution in [2.75, 3.05) is 31.1 Å². The van der Waals surface area contributed by atoms with E-state index in [2.05, 4.69) is 4.90 Å². The van der Waals surface area contributed by atoms with Crippen LogP contribution in [0.4, 0.5) is 0 Å². The number of carboxylic acids is 1. The third-order valence-electron chi connectivity index (χ3n) is 3.55. The molecule has 0 radical (unpaired) electrons. The van der Waals surface area contributed by atoms with E-state index < -0.39 is 28.5 Å². The number of thioether (sulfide) groups is 2. The molecule has 1 amide bonds. The number of carboxylic acid groups (broad SMARTS) is 1. The van der Waals surface area contributed by atoms with Gasteiger partial charge in [-0.3, -0.25) is 19.0 Å². The van der Waals surface area contributed by atoms with Crippen LogP contribution in [0.5, 0.6) is 0 Å². The molecule has 0 aromatic rings. The minimum absolute atomic E-state index is 0.225. The average molecular weight is 439 g/mol. The summed E-state index contributed by atoms with van der Waals surface area (Å²) in [5.41, 5.74) is 0. The first-order chi connectivity index (χ1) is 12.2. The van der Waals surface area contributed by atoms with Gasteiger partial charge in [0.15, 0.2) is 0 Å². The molecule has 2 fully saturated rings. The molecule has 12 heteroatoms. The van der Waals surface area contributed by atoms with Crippen molar-refractivity contribution in [3.63, 3.8) is 0 Å². The highest BCUT2D eigenvalue weighted by atomic mass is 32.2. The third kappa shape index (κ3) is 6.27. The van der Waals surface area contributed by atoms with Crippen LogP contribution in [-0.2, 0) is 19.7 Å². The van der Waals surface area contributed by atoms with Crippen LogP contribution in [0.25, 0.3) is 0 Å². The van der Waals surface area contributed by atoms with Crippen LogP contribution < -0.4 is 0 Å². The molecule has 0 aliphatic carbocycles. The lowest BCUT2D eigenvalue weighted by molar-refractivity contribution is -0.140. The molecule has 0 bridgehead atoms. The quantitative estimate of drug-likeness (QED) is 0.249. The standard InChI is InChI=1S/C14H18N2O6S4/c17-12(18)9-16-13(19)10(25-14(16)23)3-4-11-15(6-7-24-11)5-1-2-8-26(20,21)22/h3-4H,1-2,5-9H2,(H,17,18)(H,20,21,22)/b10-3-,11-4-. The summed E-state index contributed by atoms with van der Waals surface area (Å²) in [6, 6.07) is 0. The van der Waals surface area contributed by atoms with Crippen molar-refractivity contribution < 1.29 is 27.7 Å². The Hall–Kier alpha value is -1.08. The molecule has 2 aliphatic heterocycles. The van der Waals surface area contributed by atoms with E-state index in [0.29, 0.717) is 24.3 Å². The summed E-state index contributed by atoms with van der Waals surface area (Å²) >= 11 is 7.74. The zero-order valence-electron chi connectivity index (χ0n) is 13.7. The number of allylic oxidation sites excluding steroid dienone is 2. The van der Waals surface area contributed by atoms with Gasteiger partial charge in [0.25, 0.3) is 16.0 Å². The zero-order chi connectivity index (χ0) is 19.3. The molecule has 26 heavy (non-hydrogen) atoms. The molecule has 2 saturated heterocycles. The summed E-state index contributed by atoms with van der Waals surface area (Å²) in [5, 5.41) is 9.79. The normalized spacial score (nSPS) is 21.4. The van der Waals surface area contributed by atoms with Crippen LogP contribution in [0, 0.1) is 0 Å². The van der Waals surface area contributed by atoms with E-state index in [9.17, 15) is 18.0 Å². The van der Waals surface area contributed by atoms with Gasteiger partial charge in [0.2, 0.25) is 0 Å². The molecule has 0 spiro atoms. The van der Waals surface area contributed by atoms with Gasteiger partial charge in [0, 0.05) is 18.8 Å². The molecule has 2 N–H and O–H groups in total. The lowest BCUT2D eigenvalue weighted by atomic mass is 10.3. The van der Waals surface area contributed by atoms with Gasteiger partial charge in [-0.25, -0.2) is 0 Å². The number of hydrogen-bond donors (Lipinski definition) is 2. The highest BCUT2D eigenvalue weighted by molar-refractivity contribution is 8.26. The van der Waals surface area contributed by atoms with Gasteiger partial charge in [0.1, 0.15) is 10.9 Å². The molecule has 2 rings (SSSR count). The number of unbranched alkanes of at least 4 members (excludes halogenated alkanes) is 1. The van der Waals surface area contributed by atoms with E-state index >= 15 is 0 Å². The molecule has 0 aromatic carbocycles. The number of carbonyl (C=O) groups is 2. The summed E-state index contributed by atoms with van der Waals surface area (Å²) in [6.07, 6.45) is 4.44. The van der Waals surface area contributed by atoms with Crippen LogP contribution in [-0.4, -0.2) is 75.2 Å². The van der Waals surface area contributed by atoms with Crippen LogP contribution in [0.2, 0.25) is 0 Å². The van der Waals surface area contributed by atoms with Crippen LogP contribution in [0.15, 0.2) is 22.1 Å². The van der Waals surface area contributed by atoms with E-state index in [0.717, 1.165) is 34.0 Å². The van der Waals surface area contributed by atoms with Crippen molar-refractivity contribution in [2.24, 2.45) is 0 Å². The Morgan fingerprint density at radius 1 is 1.31 bits per heavy atom. The van der Waals surface area contributed by atoms with Crippen molar-refractivity contribution >= 4 is 62.1 Å². The van der Waals surface area contributed by atoms with Gasteiger partial charge in [-0.05, 0) is 25.0 Å². The maximum Gasteiger partial charge on any atom is 0.323 e. The predicted octanol–water partition coefficient (Wildman–Crippen LogP) is 1.37. The minimum atomic E-state index is -3.93. The summed E-state index contributed by atoms with van der Waals surface area (Å²) in [4.78, 5) is 26.5. The predicted molar refractivity (Wildman–Crippen MR) is 105 cm³/mol.